The van der Waals surface area contributed by atoms with Crippen LogP contribution in [0, 0.1) is 0 Å². The molecule has 19 heavy (non-hydrogen) atoms. The van der Waals surface area contributed by atoms with E-state index in [9.17, 15) is 5.11 Å². The number of nitrogens with one attached hydrogen (secondary N) is 1. The Morgan fingerprint density at radius 1 is 1.42 bits per heavy atom. The zero-order chi connectivity index (χ0) is 13.7. The number of benzene rings is 1. The van der Waals surface area contributed by atoms with Gasteiger partial charge in [-0.05, 0) is 43.5 Å². The minimum absolute atomic E-state index is 0.243. The maximum absolute atomic E-state index is 9.59. The summed E-state index contributed by atoms with van der Waals surface area (Å²) < 4.78 is 1.10. The van der Waals surface area contributed by atoms with Crippen LogP contribution in [0.3, 0.4) is 0 Å². The van der Waals surface area contributed by atoms with Crippen LogP contribution in [0.25, 0.3) is 0 Å². The van der Waals surface area contributed by atoms with Gasteiger partial charge < -0.3 is 15.3 Å². The van der Waals surface area contributed by atoms with Crippen molar-refractivity contribution in [2.45, 2.75) is 38.8 Å². The van der Waals surface area contributed by atoms with E-state index in [1.165, 1.54) is 24.1 Å². The van der Waals surface area contributed by atoms with E-state index >= 15 is 0 Å². The fourth-order valence-corrected chi connectivity index (χ4v) is 3.07. The molecule has 1 aliphatic rings. The molecule has 106 valence electrons. The molecule has 1 aromatic carbocycles. The van der Waals surface area contributed by atoms with Crippen LogP contribution in [0.5, 0.6) is 0 Å². The molecule has 1 unspecified atom stereocenters. The Hall–Kier alpha value is -0.580. The molecule has 1 aromatic rings. The summed E-state index contributed by atoms with van der Waals surface area (Å²) in [6.07, 6.45) is 3.52. The van der Waals surface area contributed by atoms with Crippen molar-refractivity contribution in [1.82, 2.24) is 5.32 Å². The lowest BCUT2D eigenvalue weighted by Crippen LogP contribution is -2.42. The van der Waals surface area contributed by atoms with Crippen molar-refractivity contribution in [3.05, 3.63) is 28.2 Å². The SMILES string of the molecule is CCNCc1ccc(Br)cc1N1CCCCC1CO. The van der Waals surface area contributed by atoms with Gasteiger partial charge >= 0.3 is 0 Å². The van der Waals surface area contributed by atoms with E-state index in [1.807, 2.05) is 0 Å². The van der Waals surface area contributed by atoms with Gasteiger partial charge in [-0.3, -0.25) is 0 Å². The molecule has 0 bridgehead atoms. The van der Waals surface area contributed by atoms with Crippen molar-refractivity contribution in [3.63, 3.8) is 0 Å². The van der Waals surface area contributed by atoms with Gasteiger partial charge in [-0.1, -0.05) is 28.9 Å². The number of aliphatic hydroxyl groups excluding tert-OH is 1. The lowest BCUT2D eigenvalue weighted by Gasteiger charge is -2.38. The molecule has 0 spiro atoms. The quantitative estimate of drug-likeness (QED) is 0.873. The standard InChI is InChI=1S/C15H23BrN2O/c1-2-17-10-12-6-7-13(16)9-15(12)18-8-4-3-5-14(18)11-19/h6-7,9,14,17,19H,2-5,8,10-11H2,1H3. The molecule has 0 aliphatic carbocycles. The van der Waals surface area contributed by atoms with Gasteiger partial charge in [-0.15, -0.1) is 0 Å². The molecule has 0 aromatic heterocycles. The highest BCUT2D eigenvalue weighted by Crippen LogP contribution is 2.30. The minimum Gasteiger partial charge on any atom is -0.394 e. The monoisotopic (exact) mass is 326 g/mol. The Labute approximate surface area is 124 Å². The molecule has 1 heterocycles. The molecule has 1 saturated heterocycles. The molecule has 2 N–H and O–H groups in total. The van der Waals surface area contributed by atoms with E-state index in [0.717, 1.165) is 30.5 Å². The molecule has 0 radical (unpaired) electrons. The van der Waals surface area contributed by atoms with Gasteiger partial charge in [0.25, 0.3) is 0 Å². The second-order valence-corrected chi connectivity index (χ2v) is 5.99. The molecule has 0 saturated carbocycles. The highest BCUT2D eigenvalue weighted by Gasteiger charge is 2.23. The van der Waals surface area contributed by atoms with Crippen LogP contribution in [0.4, 0.5) is 5.69 Å². The van der Waals surface area contributed by atoms with Crippen LogP contribution < -0.4 is 10.2 Å². The summed E-state index contributed by atoms with van der Waals surface area (Å²) in [7, 11) is 0. The summed E-state index contributed by atoms with van der Waals surface area (Å²) in [5, 5.41) is 13.0. The van der Waals surface area contributed by atoms with E-state index in [1.54, 1.807) is 0 Å². The van der Waals surface area contributed by atoms with Crippen LogP contribution in [0.1, 0.15) is 31.7 Å². The lowest BCUT2D eigenvalue weighted by molar-refractivity contribution is 0.240. The number of anilines is 1. The van der Waals surface area contributed by atoms with Gasteiger partial charge in [0.1, 0.15) is 0 Å². The van der Waals surface area contributed by atoms with Gasteiger partial charge in [-0.25, -0.2) is 0 Å². The van der Waals surface area contributed by atoms with Crippen molar-refractivity contribution in [2.75, 3.05) is 24.6 Å². The number of aliphatic hydroxyl groups is 1. The lowest BCUT2D eigenvalue weighted by atomic mass is 10.00. The number of piperidine rings is 1. The largest absolute Gasteiger partial charge is 0.394 e. The summed E-state index contributed by atoms with van der Waals surface area (Å²) in [6.45, 7) is 5.26. The van der Waals surface area contributed by atoms with Gasteiger partial charge in [0.15, 0.2) is 0 Å². The van der Waals surface area contributed by atoms with E-state index in [-0.39, 0.29) is 12.6 Å². The third-order valence-electron chi connectivity index (χ3n) is 3.76. The van der Waals surface area contributed by atoms with Crippen molar-refractivity contribution in [3.8, 4) is 0 Å². The fourth-order valence-electron chi connectivity index (χ4n) is 2.72. The first-order valence-corrected chi connectivity index (χ1v) is 7.92. The first kappa shape index (κ1) is 14.8. The average Bonchev–Trinajstić information content (AvgIpc) is 2.46. The van der Waals surface area contributed by atoms with E-state index in [0.29, 0.717) is 0 Å². The van der Waals surface area contributed by atoms with Crippen LogP contribution in [-0.2, 0) is 6.54 Å². The normalized spacial score (nSPS) is 19.7. The molecular formula is C15H23BrN2O. The highest BCUT2D eigenvalue weighted by molar-refractivity contribution is 9.10. The predicted molar refractivity (Wildman–Crippen MR) is 83.6 cm³/mol. The van der Waals surface area contributed by atoms with Crippen LogP contribution in [0.15, 0.2) is 22.7 Å². The third kappa shape index (κ3) is 3.71. The number of hydrogen-bond donors (Lipinski definition) is 2. The van der Waals surface area contributed by atoms with Crippen molar-refractivity contribution < 1.29 is 5.11 Å². The Morgan fingerprint density at radius 3 is 3.00 bits per heavy atom. The Kier molecular flexibility index (Phi) is 5.67. The van der Waals surface area contributed by atoms with Crippen molar-refractivity contribution in [1.29, 1.82) is 0 Å². The van der Waals surface area contributed by atoms with Gasteiger partial charge in [0.2, 0.25) is 0 Å². The summed E-state index contributed by atoms with van der Waals surface area (Å²) in [5.74, 6) is 0. The molecular weight excluding hydrogens is 304 g/mol. The first-order valence-electron chi connectivity index (χ1n) is 7.13. The fraction of sp³-hybridized carbons (Fsp3) is 0.600. The molecule has 1 atom stereocenters. The highest BCUT2D eigenvalue weighted by atomic mass is 79.9. The van der Waals surface area contributed by atoms with Gasteiger partial charge in [-0.2, -0.15) is 0 Å². The second-order valence-electron chi connectivity index (χ2n) is 5.08. The van der Waals surface area contributed by atoms with E-state index < -0.39 is 0 Å². The number of rotatable bonds is 5. The number of halogens is 1. The number of nitrogens with zero attached hydrogens (tertiary/aromatic N) is 1. The zero-order valence-corrected chi connectivity index (χ0v) is 13.1. The third-order valence-corrected chi connectivity index (χ3v) is 4.25. The topological polar surface area (TPSA) is 35.5 Å². The molecule has 0 amide bonds. The Bertz CT molecular complexity index is 411. The molecule has 3 nitrogen and oxygen atoms in total. The smallest absolute Gasteiger partial charge is 0.0635 e. The summed E-state index contributed by atoms with van der Waals surface area (Å²) in [6, 6.07) is 6.71. The average molecular weight is 327 g/mol. The Morgan fingerprint density at radius 2 is 2.26 bits per heavy atom. The Balaban J connectivity index is 2.26. The van der Waals surface area contributed by atoms with Crippen LogP contribution in [0.2, 0.25) is 0 Å². The second kappa shape index (κ2) is 7.27. The molecule has 4 heteroatoms. The summed E-state index contributed by atoms with van der Waals surface area (Å²) in [5.41, 5.74) is 2.57. The molecule has 2 rings (SSSR count). The maximum atomic E-state index is 9.59. The number of hydrogen-bond acceptors (Lipinski definition) is 3. The van der Waals surface area contributed by atoms with Crippen LogP contribution >= 0.6 is 15.9 Å². The maximum Gasteiger partial charge on any atom is 0.0635 e. The van der Waals surface area contributed by atoms with E-state index in [4.69, 9.17) is 0 Å². The first-order chi connectivity index (χ1) is 9.26. The van der Waals surface area contributed by atoms with Crippen molar-refractivity contribution in [2.24, 2.45) is 0 Å². The van der Waals surface area contributed by atoms with Crippen molar-refractivity contribution >= 4 is 21.6 Å². The molecule has 1 fully saturated rings. The van der Waals surface area contributed by atoms with E-state index in [2.05, 4.69) is 51.3 Å². The zero-order valence-electron chi connectivity index (χ0n) is 11.5. The minimum atomic E-state index is 0.243. The van der Waals surface area contributed by atoms with Gasteiger partial charge in [0.05, 0.1) is 12.6 Å². The summed E-state index contributed by atoms with van der Waals surface area (Å²) in [4.78, 5) is 2.38. The molecule has 1 aliphatic heterocycles. The van der Waals surface area contributed by atoms with Crippen LogP contribution in [-0.4, -0.2) is 30.8 Å². The summed E-state index contributed by atoms with van der Waals surface area (Å²) >= 11 is 3.56. The van der Waals surface area contributed by atoms with Gasteiger partial charge in [0, 0.05) is 23.2 Å². The predicted octanol–water partition coefficient (Wildman–Crippen LogP) is 2.91.